The van der Waals surface area contributed by atoms with E-state index in [0.717, 1.165) is 0 Å². The van der Waals surface area contributed by atoms with Gasteiger partial charge in [0, 0.05) is 0 Å². The van der Waals surface area contributed by atoms with E-state index in [0.29, 0.717) is 21.2 Å². The second-order valence-electron chi connectivity index (χ2n) is 7.93. The summed E-state index contributed by atoms with van der Waals surface area (Å²) < 4.78 is 3.21. The molecule has 0 spiro atoms. The van der Waals surface area contributed by atoms with E-state index in [1.54, 1.807) is 21.7 Å². The molecular formula is C24H50I+. The maximum absolute atomic E-state index is 2.30. The largest absolute Gasteiger partial charge is 0.268 e. The predicted octanol–water partition coefficient (Wildman–Crippen LogP) is 5.92. The van der Waals surface area contributed by atoms with Crippen molar-refractivity contribution in [3.63, 3.8) is 0 Å². The van der Waals surface area contributed by atoms with E-state index in [2.05, 4.69) is 13.8 Å². The lowest BCUT2D eigenvalue weighted by Gasteiger charge is -2.00. The molecule has 0 aromatic carbocycles. The summed E-state index contributed by atoms with van der Waals surface area (Å²) in [7, 11) is 0. The second kappa shape index (κ2) is 24.7. The molecule has 0 radical (unpaired) electrons. The van der Waals surface area contributed by atoms with Crippen molar-refractivity contribution in [3.8, 4) is 0 Å². The van der Waals surface area contributed by atoms with Crippen LogP contribution in [0.15, 0.2) is 0 Å². The van der Waals surface area contributed by atoms with Gasteiger partial charge in [-0.15, -0.1) is 0 Å². The molecule has 0 aliphatic rings. The van der Waals surface area contributed by atoms with Crippen LogP contribution in [0.5, 0.6) is 0 Å². The average molecular weight is 466 g/mol. The Morgan fingerprint density at radius 1 is 0.320 bits per heavy atom. The highest BCUT2D eigenvalue weighted by Gasteiger charge is 2.05. The Morgan fingerprint density at radius 3 is 0.840 bits per heavy atom. The highest BCUT2D eigenvalue weighted by molar-refractivity contribution is 4.48. The standard InChI is InChI=1S/C24H50I/c1-3-5-7-9-11-13-15-17-19-21-23-25-24-22-20-18-16-14-12-10-8-6-4-2/h3-24H2,1-2H3/q+1. The summed E-state index contributed by atoms with van der Waals surface area (Å²) in [6.45, 7) is 4.61. The minimum absolute atomic E-state index is 0.552. The fraction of sp³-hybridized carbons (Fsp3) is 1.00. The molecule has 0 rings (SSSR count). The predicted molar refractivity (Wildman–Crippen MR) is 113 cm³/mol. The summed E-state index contributed by atoms with van der Waals surface area (Å²) in [6, 6.07) is 0. The van der Waals surface area contributed by atoms with E-state index in [1.807, 2.05) is 0 Å². The van der Waals surface area contributed by atoms with Crippen LogP contribution in [0.3, 0.4) is 0 Å². The van der Waals surface area contributed by atoms with Gasteiger partial charge in [0.2, 0.25) is 0 Å². The van der Waals surface area contributed by atoms with Gasteiger partial charge < -0.3 is 0 Å². The van der Waals surface area contributed by atoms with Crippen LogP contribution < -0.4 is 21.2 Å². The Kier molecular flexibility index (Phi) is 25.5. The Balaban J connectivity index is 2.94. The van der Waals surface area contributed by atoms with Crippen molar-refractivity contribution in [1.29, 1.82) is 0 Å². The third-order valence-electron chi connectivity index (χ3n) is 5.24. The fourth-order valence-electron chi connectivity index (χ4n) is 3.45. The van der Waals surface area contributed by atoms with Crippen molar-refractivity contribution in [1.82, 2.24) is 0 Å². The van der Waals surface area contributed by atoms with E-state index in [1.165, 1.54) is 116 Å². The van der Waals surface area contributed by atoms with Crippen LogP contribution in [-0.2, 0) is 0 Å². The molecular weight excluding hydrogens is 415 g/mol. The van der Waals surface area contributed by atoms with E-state index in [-0.39, 0.29) is 0 Å². The van der Waals surface area contributed by atoms with Gasteiger partial charge in [-0.25, -0.2) is 0 Å². The fourth-order valence-corrected chi connectivity index (χ4v) is 6.14. The second-order valence-corrected chi connectivity index (χ2v) is 11.2. The average Bonchev–Trinajstić information content (AvgIpc) is 2.63. The van der Waals surface area contributed by atoms with Crippen molar-refractivity contribution >= 4 is 0 Å². The number of hydrogen-bond donors (Lipinski definition) is 0. The molecule has 0 aromatic heterocycles. The summed E-state index contributed by atoms with van der Waals surface area (Å²) in [5.74, 6) is 0. The molecule has 25 heavy (non-hydrogen) atoms. The molecule has 0 bridgehead atoms. The summed E-state index contributed by atoms with van der Waals surface area (Å²) in [5.41, 5.74) is 0. The van der Waals surface area contributed by atoms with Crippen molar-refractivity contribution in [2.75, 3.05) is 8.86 Å². The van der Waals surface area contributed by atoms with Crippen molar-refractivity contribution in [2.24, 2.45) is 0 Å². The van der Waals surface area contributed by atoms with E-state index in [4.69, 9.17) is 0 Å². The third-order valence-corrected chi connectivity index (χ3v) is 8.29. The number of rotatable bonds is 22. The van der Waals surface area contributed by atoms with Crippen molar-refractivity contribution < 1.29 is 21.2 Å². The van der Waals surface area contributed by atoms with Crippen LogP contribution >= 0.6 is 0 Å². The molecule has 0 saturated carbocycles. The van der Waals surface area contributed by atoms with Gasteiger partial charge in [-0.3, -0.25) is 0 Å². The topological polar surface area (TPSA) is 0 Å². The first kappa shape index (κ1) is 25.7. The smallest absolute Gasteiger partial charge is 0.0654 e. The Hall–Kier alpha value is 0.730. The minimum Gasteiger partial charge on any atom is -0.0654 e. The molecule has 0 aromatic rings. The first-order valence-corrected chi connectivity index (χ1v) is 15.0. The van der Waals surface area contributed by atoms with Gasteiger partial charge in [0.05, 0.1) is 0 Å². The van der Waals surface area contributed by atoms with Gasteiger partial charge in [-0.2, -0.15) is 0 Å². The van der Waals surface area contributed by atoms with Gasteiger partial charge in [0.1, 0.15) is 8.86 Å². The first-order chi connectivity index (χ1) is 12.4. The zero-order chi connectivity index (χ0) is 18.3. The molecule has 0 unspecified atom stereocenters. The molecule has 0 aliphatic heterocycles. The van der Waals surface area contributed by atoms with Crippen LogP contribution in [0.4, 0.5) is 0 Å². The van der Waals surface area contributed by atoms with Gasteiger partial charge in [-0.05, 0) is 25.7 Å². The number of hydrogen-bond acceptors (Lipinski definition) is 0. The van der Waals surface area contributed by atoms with Gasteiger partial charge in [0.25, 0.3) is 21.2 Å². The van der Waals surface area contributed by atoms with Crippen LogP contribution in [-0.4, -0.2) is 8.86 Å². The lowest BCUT2D eigenvalue weighted by Crippen LogP contribution is -3.63. The van der Waals surface area contributed by atoms with Gasteiger partial charge >= 0.3 is 0 Å². The molecule has 0 aliphatic carbocycles. The molecule has 0 fully saturated rings. The molecule has 0 atom stereocenters. The number of unbranched alkanes of at least 4 members (excludes halogenated alkanes) is 18. The van der Waals surface area contributed by atoms with Crippen molar-refractivity contribution in [3.05, 3.63) is 0 Å². The van der Waals surface area contributed by atoms with Crippen LogP contribution in [0, 0.1) is 0 Å². The Morgan fingerprint density at radius 2 is 0.560 bits per heavy atom. The lowest BCUT2D eigenvalue weighted by molar-refractivity contribution is -0.655. The minimum atomic E-state index is 0.552. The zero-order valence-corrected chi connectivity index (χ0v) is 20.1. The number of alkyl halides is 2. The van der Waals surface area contributed by atoms with Crippen LogP contribution in [0.2, 0.25) is 0 Å². The maximum Gasteiger partial charge on any atom is 0.268 e. The normalized spacial score (nSPS) is 11.3. The molecule has 0 nitrogen and oxygen atoms in total. The van der Waals surface area contributed by atoms with Gasteiger partial charge in [0.15, 0.2) is 0 Å². The maximum atomic E-state index is 2.30. The van der Waals surface area contributed by atoms with E-state index in [9.17, 15) is 0 Å². The highest BCUT2D eigenvalue weighted by Crippen LogP contribution is 2.10. The van der Waals surface area contributed by atoms with E-state index >= 15 is 0 Å². The Bertz CT molecular complexity index is 192. The molecule has 152 valence electrons. The lowest BCUT2D eigenvalue weighted by atomic mass is 10.1. The monoisotopic (exact) mass is 465 g/mol. The summed E-state index contributed by atoms with van der Waals surface area (Å²) in [4.78, 5) is 0. The third kappa shape index (κ3) is 24.7. The molecule has 0 heterocycles. The summed E-state index contributed by atoms with van der Waals surface area (Å²) in [6.07, 6.45) is 29.7. The van der Waals surface area contributed by atoms with Crippen molar-refractivity contribution in [2.45, 2.75) is 142 Å². The SMILES string of the molecule is CCCCCCCCCCCC[I+]CCCCCCCCCCCC. The van der Waals surface area contributed by atoms with Gasteiger partial charge in [-0.1, -0.05) is 117 Å². The first-order valence-electron chi connectivity index (χ1n) is 11.9. The van der Waals surface area contributed by atoms with Crippen LogP contribution in [0.25, 0.3) is 0 Å². The summed E-state index contributed by atoms with van der Waals surface area (Å²) >= 11 is 0.552. The zero-order valence-electron chi connectivity index (χ0n) is 17.9. The number of halogens is 1. The molecule has 0 saturated heterocycles. The van der Waals surface area contributed by atoms with Crippen LogP contribution in [0.1, 0.15) is 142 Å². The summed E-state index contributed by atoms with van der Waals surface area (Å²) in [5, 5.41) is 0. The molecule has 0 amide bonds. The quantitative estimate of drug-likeness (QED) is 0.106. The highest BCUT2D eigenvalue weighted by atomic mass is 127. The van der Waals surface area contributed by atoms with E-state index < -0.39 is 0 Å². The Labute approximate surface area is 172 Å². The molecule has 1 heteroatoms. The molecule has 0 N–H and O–H groups in total.